The fraction of sp³-hybridized carbons (Fsp3) is 0.400. The number of urea groups is 1. The smallest absolute Gasteiger partial charge is 0.338 e. The van der Waals surface area contributed by atoms with Gasteiger partial charge in [-0.3, -0.25) is 9.69 Å². The van der Waals surface area contributed by atoms with E-state index in [0.29, 0.717) is 30.9 Å². The lowest BCUT2D eigenvalue weighted by atomic mass is 10.2. The molecule has 0 aromatic heterocycles. The lowest BCUT2D eigenvalue weighted by molar-refractivity contribution is -0.125. The second-order valence-corrected chi connectivity index (χ2v) is 4.84. The van der Waals surface area contributed by atoms with Gasteiger partial charge in [-0.1, -0.05) is 6.92 Å². The van der Waals surface area contributed by atoms with E-state index < -0.39 is 0 Å². The summed E-state index contributed by atoms with van der Waals surface area (Å²) in [6, 6.07) is 6.29. The topological polar surface area (TPSA) is 87.7 Å². The van der Waals surface area contributed by atoms with E-state index in [4.69, 9.17) is 4.74 Å². The van der Waals surface area contributed by atoms with Crippen molar-refractivity contribution < 1.29 is 19.1 Å². The molecule has 1 aromatic rings. The van der Waals surface area contributed by atoms with Crippen LogP contribution in [0.15, 0.2) is 24.3 Å². The molecule has 1 aromatic carbocycles. The van der Waals surface area contributed by atoms with Gasteiger partial charge in [-0.2, -0.15) is 0 Å². The number of anilines is 1. The van der Waals surface area contributed by atoms with Crippen LogP contribution in [0.4, 0.5) is 10.5 Å². The first kappa shape index (κ1) is 15.8. The number of amides is 3. The summed E-state index contributed by atoms with van der Waals surface area (Å²) in [7, 11) is 0. The van der Waals surface area contributed by atoms with Crippen LogP contribution in [0.2, 0.25) is 0 Å². The van der Waals surface area contributed by atoms with Gasteiger partial charge >= 0.3 is 12.0 Å². The normalized spacial score (nSPS) is 13.7. The molecular formula is C15H19N3O4. The SMILES string of the molecule is CCCOC(=O)c1ccc(NCC(=O)N2CCNC2=O)cc1. The van der Waals surface area contributed by atoms with E-state index in [1.165, 1.54) is 4.90 Å². The molecule has 0 unspecified atom stereocenters. The summed E-state index contributed by atoms with van der Waals surface area (Å²) in [5.74, 6) is -0.653. The molecule has 1 saturated heterocycles. The molecule has 0 radical (unpaired) electrons. The Labute approximate surface area is 128 Å². The molecular weight excluding hydrogens is 286 g/mol. The van der Waals surface area contributed by atoms with Gasteiger partial charge in [-0.25, -0.2) is 9.59 Å². The maximum absolute atomic E-state index is 11.9. The molecule has 22 heavy (non-hydrogen) atoms. The maximum Gasteiger partial charge on any atom is 0.338 e. The fourth-order valence-corrected chi connectivity index (χ4v) is 1.98. The van der Waals surface area contributed by atoms with Crippen molar-refractivity contribution in [3.8, 4) is 0 Å². The number of nitrogens with one attached hydrogen (secondary N) is 2. The number of rotatable bonds is 6. The van der Waals surface area contributed by atoms with Crippen LogP contribution in [-0.2, 0) is 9.53 Å². The number of carbonyl (C=O) groups excluding carboxylic acids is 3. The minimum absolute atomic E-state index is 0.0209. The van der Waals surface area contributed by atoms with Crippen molar-refractivity contribution in [2.24, 2.45) is 0 Å². The van der Waals surface area contributed by atoms with E-state index >= 15 is 0 Å². The van der Waals surface area contributed by atoms with E-state index in [-0.39, 0.29) is 24.5 Å². The summed E-state index contributed by atoms with van der Waals surface area (Å²) >= 11 is 0. The van der Waals surface area contributed by atoms with Crippen LogP contribution in [0.1, 0.15) is 23.7 Å². The monoisotopic (exact) mass is 305 g/mol. The molecule has 2 rings (SSSR count). The number of hydrogen-bond donors (Lipinski definition) is 2. The molecule has 1 aliphatic heterocycles. The molecule has 2 N–H and O–H groups in total. The van der Waals surface area contributed by atoms with Crippen LogP contribution >= 0.6 is 0 Å². The Morgan fingerprint density at radius 2 is 2.05 bits per heavy atom. The molecule has 7 nitrogen and oxygen atoms in total. The van der Waals surface area contributed by atoms with Gasteiger partial charge < -0.3 is 15.4 Å². The molecule has 7 heteroatoms. The summed E-state index contributed by atoms with van der Waals surface area (Å²) < 4.78 is 5.03. The van der Waals surface area contributed by atoms with Crippen molar-refractivity contribution in [2.75, 3.05) is 31.6 Å². The molecule has 1 heterocycles. The highest BCUT2D eigenvalue weighted by atomic mass is 16.5. The Morgan fingerprint density at radius 3 is 2.64 bits per heavy atom. The van der Waals surface area contributed by atoms with Gasteiger partial charge in [0.1, 0.15) is 0 Å². The highest BCUT2D eigenvalue weighted by Gasteiger charge is 2.25. The maximum atomic E-state index is 11.9. The molecule has 1 fully saturated rings. The van der Waals surface area contributed by atoms with Gasteiger partial charge in [-0.05, 0) is 30.7 Å². The van der Waals surface area contributed by atoms with Crippen molar-refractivity contribution in [2.45, 2.75) is 13.3 Å². The lowest BCUT2D eigenvalue weighted by Crippen LogP contribution is -2.37. The molecule has 0 atom stereocenters. The summed E-state index contributed by atoms with van der Waals surface area (Å²) in [5, 5.41) is 5.50. The average molecular weight is 305 g/mol. The van der Waals surface area contributed by atoms with Gasteiger partial charge in [0.15, 0.2) is 0 Å². The minimum Gasteiger partial charge on any atom is -0.462 e. The van der Waals surface area contributed by atoms with E-state index in [9.17, 15) is 14.4 Å². The third-order valence-electron chi connectivity index (χ3n) is 3.16. The first-order valence-corrected chi connectivity index (χ1v) is 7.21. The summed E-state index contributed by atoms with van der Waals surface area (Å²) in [4.78, 5) is 36.0. The Balaban J connectivity index is 1.85. The third kappa shape index (κ3) is 3.97. The van der Waals surface area contributed by atoms with E-state index in [0.717, 1.165) is 6.42 Å². The van der Waals surface area contributed by atoms with E-state index in [2.05, 4.69) is 10.6 Å². The molecule has 0 spiro atoms. The number of ether oxygens (including phenoxy) is 1. The van der Waals surface area contributed by atoms with Crippen molar-refractivity contribution >= 4 is 23.6 Å². The summed E-state index contributed by atoms with van der Waals surface area (Å²) in [5.41, 5.74) is 1.16. The Kier molecular flexibility index (Phi) is 5.35. The predicted octanol–water partition coefficient (Wildman–Crippen LogP) is 1.22. The molecule has 3 amide bonds. The number of imide groups is 1. The number of carbonyl (C=O) groups is 3. The largest absolute Gasteiger partial charge is 0.462 e. The third-order valence-corrected chi connectivity index (χ3v) is 3.16. The van der Waals surface area contributed by atoms with Gasteiger partial charge in [0.2, 0.25) is 5.91 Å². The minimum atomic E-state index is -0.363. The Hall–Kier alpha value is -2.57. The fourth-order valence-electron chi connectivity index (χ4n) is 1.98. The number of esters is 1. The number of hydrogen-bond acceptors (Lipinski definition) is 5. The zero-order valence-electron chi connectivity index (χ0n) is 12.4. The van der Waals surface area contributed by atoms with Crippen LogP contribution in [0.25, 0.3) is 0 Å². The second-order valence-electron chi connectivity index (χ2n) is 4.84. The van der Waals surface area contributed by atoms with Gasteiger partial charge in [0.25, 0.3) is 0 Å². The van der Waals surface area contributed by atoms with Crippen molar-refractivity contribution in [3.63, 3.8) is 0 Å². The summed E-state index contributed by atoms with van der Waals surface area (Å²) in [6.45, 7) is 3.22. The molecule has 1 aliphatic rings. The van der Waals surface area contributed by atoms with Crippen LogP contribution < -0.4 is 10.6 Å². The van der Waals surface area contributed by atoms with Crippen LogP contribution in [0.5, 0.6) is 0 Å². The lowest BCUT2D eigenvalue weighted by Gasteiger charge is -2.13. The Morgan fingerprint density at radius 1 is 1.32 bits per heavy atom. The van der Waals surface area contributed by atoms with Gasteiger partial charge in [-0.15, -0.1) is 0 Å². The number of nitrogens with zero attached hydrogens (tertiary/aromatic N) is 1. The Bertz CT molecular complexity index is 556. The second kappa shape index (κ2) is 7.44. The average Bonchev–Trinajstić information content (AvgIpc) is 2.97. The van der Waals surface area contributed by atoms with Crippen molar-refractivity contribution in [3.05, 3.63) is 29.8 Å². The van der Waals surface area contributed by atoms with Crippen LogP contribution in [0.3, 0.4) is 0 Å². The first-order valence-electron chi connectivity index (χ1n) is 7.21. The number of benzene rings is 1. The standard InChI is InChI=1S/C15H19N3O4/c1-2-9-22-14(20)11-3-5-12(6-4-11)17-10-13(19)18-8-7-16-15(18)21/h3-6,17H,2,7-10H2,1H3,(H,16,21). The van der Waals surface area contributed by atoms with Crippen LogP contribution in [-0.4, -0.2) is 49.0 Å². The highest BCUT2D eigenvalue weighted by molar-refractivity contribution is 5.97. The highest BCUT2D eigenvalue weighted by Crippen LogP contribution is 2.11. The van der Waals surface area contributed by atoms with Gasteiger partial charge in [0, 0.05) is 18.8 Å². The molecule has 0 saturated carbocycles. The molecule has 0 bridgehead atoms. The van der Waals surface area contributed by atoms with Gasteiger partial charge in [0.05, 0.1) is 18.7 Å². The van der Waals surface area contributed by atoms with Crippen LogP contribution in [0, 0.1) is 0 Å². The van der Waals surface area contributed by atoms with Crippen molar-refractivity contribution in [1.29, 1.82) is 0 Å². The van der Waals surface area contributed by atoms with Crippen molar-refractivity contribution in [1.82, 2.24) is 10.2 Å². The molecule has 0 aliphatic carbocycles. The quantitative estimate of drug-likeness (QED) is 0.772. The summed E-state index contributed by atoms with van der Waals surface area (Å²) in [6.07, 6.45) is 0.775. The predicted molar refractivity (Wildman–Crippen MR) is 80.6 cm³/mol. The first-order chi connectivity index (χ1) is 10.6. The van der Waals surface area contributed by atoms with E-state index in [1.807, 2.05) is 6.92 Å². The zero-order valence-corrected chi connectivity index (χ0v) is 12.4. The molecule has 118 valence electrons. The van der Waals surface area contributed by atoms with E-state index in [1.54, 1.807) is 24.3 Å². The zero-order chi connectivity index (χ0) is 15.9.